The monoisotopic (exact) mass is 266 g/mol. The smallest absolute Gasteiger partial charge is 0.188 e. The quantitative estimate of drug-likeness (QED) is 0.780. The number of hydrogen-bond acceptors (Lipinski definition) is 3. The molecule has 5 heteroatoms. The minimum atomic E-state index is 0.205. The molecule has 96 valence electrons. The number of rotatable bonds is 5. The van der Waals surface area contributed by atoms with Gasteiger partial charge in [0.2, 0.25) is 0 Å². The van der Waals surface area contributed by atoms with E-state index in [4.69, 9.17) is 21.1 Å². The highest BCUT2D eigenvalue weighted by Gasteiger charge is 2.09. The minimum Gasteiger partial charge on any atom is -0.467 e. The number of halogens is 1. The van der Waals surface area contributed by atoms with E-state index < -0.39 is 0 Å². The minimum absolute atomic E-state index is 0.205. The Morgan fingerprint density at radius 2 is 2.22 bits per heavy atom. The summed E-state index contributed by atoms with van der Waals surface area (Å²) >= 11 is 6.03. The normalized spacial score (nSPS) is 10.6. The van der Waals surface area contributed by atoms with Gasteiger partial charge in [0.05, 0.1) is 6.20 Å². The van der Waals surface area contributed by atoms with E-state index in [-0.39, 0.29) is 6.79 Å². The first-order chi connectivity index (χ1) is 8.74. The van der Waals surface area contributed by atoms with Crippen LogP contribution in [-0.2, 0) is 11.3 Å². The maximum absolute atomic E-state index is 6.03. The number of ether oxygens (including phenoxy) is 2. The van der Waals surface area contributed by atoms with E-state index in [1.54, 1.807) is 19.4 Å². The van der Waals surface area contributed by atoms with Crippen molar-refractivity contribution in [1.82, 2.24) is 9.78 Å². The van der Waals surface area contributed by atoms with E-state index in [0.29, 0.717) is 5.02 Å². The molecule has 0 aliphatic rings. The van der Waals surface area contributed by atoms with Crippen molar-refractivity contribution in [2.75, 3.05) is 13.9 Å². The van der Waals surface area contributed by atoms with E-state index in [9.17, 15) is 0 Å². The van der Waals surface area contributed by atoms with Gasteiger partial charge in [0.25, 0.3) is 0 Å². The van der Waals surface area contributed by atoms with Crippen molar-refractivity contribution in [2.24, 2.45) is 0 Å². The van der Waals surface area contributed by atoms with Crippen LogP contribution in [0.1, 0.15) is 6.92 Å². The molecule has 18 heavy (non-hydrogen) atoms. The molecule has 1 aromatic carbocycles. The van der Waals surface area contributed by atoms with Crippen LogP contribution in [0.3, 0.4) is 0 Å². The molecule has 2 rings (SSSR count). The summed E-state index contributed by atoms with van der Waals surface area (Å²) in [6.45, 7) is 3.07. The van der Waals surface area contributed by atoms with Crippen LogP contribution in [-0.4, -0.2) is 23.7 Å². The third-order valence-corrected chi connectivity index (χ3v) is 2.78. The Labute approximate surface area is 111 Å². The van der Waals surface area contributed by atoms with Crippen LogP contribution in [0.15, 0.2) is 30.6 Å². The average molecular weight is 267 g/mol. The number of methoxy groups -OCH3 is 1. The fraction of sp³-hybridized carbons (Fsp3) is 0.308. The lowest BCUT2D eigenvalue weighted by Gasteiger charge is -2.09. The van der Waals surface area contributed by atoms with Crippen LogP contribution in [0.2, 0.25) is 5.02 Å². The fourth-order valence-corrected chi connectivity index (χ4v) is 1.82. The summed E-state index contributed by atoms with van der Waals surface area (Å²) in [5.41, 5.74) is 1.89. The molecule has 0 spiro atoms. The zero-order valence-electron chi connectivity index (χ0n) is 10.4. The van der Waals surface area contributed by atoms with E-state index >= 15 is 0 Å². The van der Waals surface area contributed by atoms with Gasteiger partial charge in [-0.3, -0.25) is 4.68 Å². The molecular weight excluding hydrogens is 252 g/mol. The molecule has 0 aliphatic carbocycles. The third kappa shape index (κ3) is 2.83. The van der Waals surface area contributed by atoms with Crippen molar-refractivity contribution in [3.05, 3.63) is 35.6 Å². The Balaban J connectivity index is 2.37. The Bertz CT molecular complexity index is 525. The summed E-state index contributed by atoms with van der Waals surface area (Å²) in [5.74, 6) is 0.733. The van der Waals surface area contributed by atoms with Crippen molar-refractivity contribution in [3.63, 3.8) is 0 Å². The van der Waals surface area contributed by atoms with Crippen LogP contribution < -0.4 is 4.74 Å². The molecular formula is C13H15ClN2O2. The lowest BCUT2D eigenvalue weighted by molar-refractivity contribution is 0.0515. The topological polar surface area (TPSA) is 36.3 Å². The zero-order chi connectivity index (χ0) is 13.0. The SMILES string of the molecule is CCn1cc(-c2cc(Cl)ccc2OCOC)cn1. The summed E-state index contributed by atoms with van der Waals surface area (Å²) < 4.78 is 12.3. The van der Waals surface area contributed by atoms with Gasteiger partial charge in [-0.2, -0.15) is 5.10 Å². The average Bonchev–Trinajstić information content (AvgIpc) is 2.86. The van der Waals surface area contributed by atoms with E-state index in [0.717, 1.165) is 23.4 Å². The molecule has 1 heterocycles. The molecule has 0 aliphatic heterocycles. The van der Waals surface area contributed by atoms with Gasteiger partial charge in [-0.1, -0.05) is 11.6 Å². The third-order valence-electron chi connectivity index (χ3n) is 2.54. The molecule has 0 bridgehead atoms. The number of aryl methyl sites for hydroxylation is 1. The van der Waals surface area contributed by atoms with Crippen molar-refractivity contribution in [1.29, 1.82) is 0 Å². The van der Waals surface area contributed by atoms with Gasteiger partial charge in [-0.05, 0) is 25.1 Å². The van der Waals surface area contributed by atoms with Gasteiger partial charge in [0.15, 0.2) is 6.79 Å². The number of aromatic nitrogens is 2. The van der Waals surface area contributed by atoms with E-state index in [1.165, 1.54) is 0 Å². The summed E-state index contributed by atoms with van der Waals surface area (Å²) in [6, 6.07) is 5.49. The Hall–Kier alpha value is -1.52. The van der Waals surface area contributed by atoms with Crippen LogP contribution in [0.4, 0.5) is 0 Å². The molecule has 0 N–H and O–H groups in total. The number of benzene rings is 1. The molecule has 4 nitrogen and oxygen atoms in total. The van der Waals surface area contributed by atoms with Gasteiger partial charge in [-0.15, -0.1) is 0 Å². The highest BCUT2D eigenvalue weighted by atomic mass is 35.5. The van der Waals surface area contributed by atoms with Crippen molar-refractivity contribution in [2.45, 2.75) is 13.5 Å². The molecule has 0 fully saturated rings. The summed E-state index contributed by atoms with van der Waals surface area (Å²) in [7, 11) is 1.59. The van der Waals surface area contributed by atoms with Crippen LogP contribution in [0.25, 0.3) is 11.1 Å². The number of hydrogen-bond donors (Lipinski definition) is 0. The maximum atomic E-state index is 6.03. The largest absolute Gasteiger partial charge is 0.467 e. The molecule has 0 amide bonds. The Morgan fingerprint density at radius 3 is 2.89 bits per heavy atom. The molecule has 0 atom stereocenters. The van der Waals surface area contributed by atoms with E-state index in [1.807, 2.05) is 29.9 Å². The Morgan fingerprint density at radius 1 is 1.39 bits per heavy atom. The predicted octanol–water partition coefficient (Wildman–Crippen LogP) is 3.21. The molecule has 0 unspecified atom stereocenters. The van der Waals surface area contributed by atoms with Gasteiger partial charge in [0, 0.05) is 36.0 Å². The summed E-state index contributed by atoms with van der Waals surface area (Å²) in [5, 5.41) is 4.91. The predicted molar refractivity (Wildman–Crippen MR) is 70.9 cm³/mol. The highest BCUT2D eigenvalue weighted by molar-refractivity contribution is 6.31. The first-order valence-corrected chi connectivity index (χ1v) is 6.06. The molecule has 1 aromatic heterocycles. The van der Waals surface area contributed by atoms with Crippen molar-refractivity contribution >= 4 is 11.6 Å². The maximum Gasteiger partial charge on any atom is 0.188 e. The first kappa shape index (κ1) is 12.9. The lowest BCUT2D eigenvalue weighted by Crippen LogP contribution is -2.00. The second-order valence-electron chi connectivity index (χ2n) is 3.78. The zero-order valence-corrected chi connectivity index (χ0v) is 11.1. The van der Waals surface area contributed by atoms with Crippen LogP contribution in [0.5, 0.6) is 5.75 Å². The van der Waals surface area contributed by atoms with Gasteiger partial charge in [-0.25, -0.2) is 0 Å². The van der Waals surface area contributed by atoms with Crippen molar-refractivity contribution in [3.8, 4) is 16.9 Å². The highest BCUT2D eigenvalue weighted by Crippen LogP contribution is 2.32. The molecule has 0 saturated heterocycles. The van der Waals surface area contributed by atoms with Gasteiger partial charge in [0.1, 0.15) is 5.75 Å². The fourth-order valence-electron chi connectivity index (χ4n) is 1.65. The lowest BCUT2D eigenvalue weighted by atomic mass is 10.1. The molecule has 0 saturated carbocycles. The second kappa shape index (κ2) is 5.89. The summed E-state index contributed by atoms with van der Waals surface area (Å²) in [4.78, 5) is 0. The van der Waals surface area contributed by atoms with Gasteiger partial charge >= 0.3 is 0 Å². The van der Waals surface area contributed by atoms with E-state index in [2.05, 4.69) is 5.10 Å². The first-order valence-electron chi connectivity index (χ1n) is 5.68. The molecule has 0 radical (unpaired) electrons. The van der Waals surface area contributed by atoms with Crippen molar-refractivity contribution < 1.29 is 9.47 Å². The molecule has 2 aromatic rings. The van der Waals surface area contributed by atoms with Crippen LogP contribution >= 0.6 is 11.6 Å². The summed E-state index contributed by atoms with van der Waals surface area (Å²) in [6.07, 6.45) is 3.76. The number of nitrogens with zero attached hydrogens (tertiary/aromatic N) is 2. The Kier molecular flexibility index (Phi) is 4.23. The van der Waals surface area contributed by atoms with Crippen LogP contribution in [0, 0.1) is 0 Å². The van der Waals surface area contributed by atoms with Gasteiger partial charge < -0.3 is 9.47 Å². The standard InChI is InChI=1S/C13H15ClN2O2/c1-3-16-8-10(7-15-16)12-6-11(14)4-5-13(12)18-9-17-2/h4-8H,3,9H2,1-2H3. The second-order valence-corrected chi connectivity index (χ2v) is 4.21.